The molecule has 0 amide bonds. The van der Waals surface area contributed by atoms with Crippen molar-refractivity contribution in [1.29, 1.82) is 0 Å². The zero-order valence-corrected chi connectivity index (χ0v) is 12.7. The molecule has 5 heteroatoms. The van der Waals surface area contributed by atoms with Gasteiger partial charge in [0.25, 0.3) is 0 Å². The quantitative estimate of drug-likeness (QED) is 0.633. The van der Waals surface area contributed by atoms with Gasteiger partial charge in [-0.05, 0) is 66.3 Å². The summed E-state index contributed by atoms with van der Waals surface area (Å²) in [4.78, 5) is 1.83. The molecule has 0 fully saturated rings. The number of rotatable bonds is 1. The summed E-state index contributed by atoms with van der Waals surface area (Å²) in [7, 11) is 0. The summed E-state index contributed by atoms with van der Waals surface area (Å²) in [6, 6.07) is 5.55. The Balaban J connectivity index is 2.28. The van der Waals surface area contributed by atoms with Crippen LogP contribution in [0.25, 0.3) is 0 Å². The van der Waals surface area contributed by atoms with Crippen molar-refractivity contribution in [2.75, 3.05) is 4.90 Å². The monoisotopic (exact) mass is 379 g/mol. The molecule has 0 saturated carbocycles. The average molecular weight is 379 g/mol. The average Bonchev–Trinajstić information content (AvgIpc) is 2.31. The van der Waals surface area contributed by atoms with Gasteiger partial charge in [-0.15, -0.1) is 0 Å². The van der Waals surface area contributed by atoms with Gasteiger partial charge in [-0.3, -0.25) is 0 Å². The number of halogens is 4. The van der Waals surface area contributed by atoms with Crippen LogP contribution in [0.5, 0.6) is 0 Å². The van der Waals surface area contributed by atoms with Crippen LogP contribution in [0.2, 0.25) is 0 Å². The summed E-state index contributed by atoms with van der Waals surface area (Å²) < 4.78 is 39.0. The molecule has 0 saturated heterocycles. The van der Waals surface area contributed by atoms with E-state index in [4.69, 9.17) is 0 Å². The minimum atomic E-state index is -4.28. The first-order valence-corrected chi connectivity index (χ1v) is 6.88. The smallest absolute Gasteiger partial charge is 0.341 e. The number of alkyl halides is 3. The molecule has 0 radical (unpaired) electrons. The van der Waals surface area contributed by atoms with Gasteiger partial charge in [-0.1, -0.05) is 6.07 Å². The summed E-state index contributed by atoms with van der Waals surface area (Å²) in [6.45, 7) is 3.75. The second-order valence-corrected chi connectivity index (χ2v) is 5.68. The fourth-order valence-electron chi connectivity index (χ4n) is 1.94. The van der Waals surface area contributed by atoms with Crippen LogP contribution in [0.3, 0.4) is 0 Å². The van der Waals surface area contributed by atoms with Crippen molar-refractivity contribution in [3.05, 3.63) is 51.3 Å². The highest BCUT2D eigenvalue weighted by atomic mass is 127. The number of hydrogen-bond donors (Lipinski definition) is 0. The Kier molecular flexibility index (Phi) is 3.94. The van der Waals surface area contributed by atoms with E-state index in [-0.39, 0.29) is 6.04 Å². The molecule has 1 aromatic carbocycles. The van der Waals surface area contributed by atoms with Gasteiger partial charge in [-0.2, -0.15) is 13.2 Å². The molecule has 1 aromatic rings. The van der Waals surface area contributed by atoms with E-state index in [0.717, 1.165) is 20.9 Å². The van der Waals surface area contributed by atoms with E-state index in [0.29, 0.717) is 0 Å². The molecule has 1 aliphatic rings. The first kappa shape index (κ1) is 14.4. The first-order chi connectivity index (χ1) is 8.79. The Morgan fingerprint density at radius 3 is 2.47 bits per heavy atom. The largest absolute Gasteiger partial charge is 0.416 e. The molecule has 1 heterocycles. The van der Waals surface area contributed by atoms with Gasteiger partial charge in [0.1, 0.15) is 0 Å². The molecule has 0 aromatic heterocycles. The lowest BCUT2D eigenvalue weighted by Gasteiger charge is -2.30. The number of hydrogen-bond acceptors (Lipinski definition) is 1. The van der Waals surface area contributed by atoms with Gasteiger partial charge in [0.05, 0.1) is 5.57 Å². The number of allylic oxidation sites excluding steroid dienone is 2. The number of benzene rings is 1. The van der Waals surface area contributed by atoms with Gasteiger partial charge in [-0.25, -0.2) is 0 Å². The Morgan fingerprint density at radius 2 is 1.95 bits per heavy atom. The number of anilines is 1. The Hall–Kier alpha value is -0.980. The fraction of sp³-hybridized carbons (Fsp3) is 0.286. The molecule has 1 nitrogen and oxygen atoms in total. The molecule has 102 valence electrons. The van der Waals surface area contributed by atoms with Crippen molar-refractivity contribution >= 4 is 28.3 Å². The molecule has 2 rings (SSSR count). The Bertz CT molecular complexity index is 546. The minimum absolute atomic E-state index is 0.319. The van der Waals surface area contributed by atoms with Crippen LogP contribution in [-0.4, -0.2) is 12.2 Å². The molecule has 19 heavy (non-hydrogen) atoms. The van der Waals surface area contributed by atoms with Gasteiger partial charge in [0.15, 0.2) is 0 Å². The lowest BCUT2D eigenvalue weighted by molar-refractivity contribution is -0.0886. The zero-order chi connectivity index (χ0) is 14.2. The molecular formula is C14H13F3IN. The third-order valence-corrected chi connectivity index (χ3v) is 4.22. The highest BCUT2D eigenvalue weighted by Gasteiger charge is 2.34. The van der Waals surface area contributed by atoms with Crippen molar-refractivity contribution in [1.82, 2.24) is 0 Å². The van der Waals surface area contributed by atoms with Crippen LogP contribution in [0.1, 0.15) is 12.5 Å². The van der Waals surface area contributed by atoms with E-state index >= 15 is 0 Å². The van der Waals surface area contributed by atoms with Crippen LogP contribution in [0.15, 0.2) is 42.1 Å². The molecule has 1 atom stereocenters. The SMILES string of the molecule is Cc1ccc(N2C=CC(C(F)(F)F)=CC2C)cc1I. The third kappa shape index (κ3) is 3.13. The van der Waals surface area contributed by atoms with E-state index in [9.17, 15) is 13.2 Å². The maximum Gasteiger partial charge on any atom is 0.416 e. The minimum Gasteiger partial charge on any atom is -0.341 e. The number of aryl methyl sites for hydroxylation is 1. The summed E-state index contributed by atoms with van der Waals surface area (Å²) in [5.74, 6) is 0. The van der Waals surface area contributed by atoms with Crippen molar-refractivity contribution in [2.45, 2.75) is 26.1 Å². The van der Waals surface area contributed by atoms with Gasteiger partial charge < -0.3 is 4.90 Å². The van der Waals surface area contributed by atoms with Crippen LogP contribution in [0.4, 0.5) is 18.9 Å². The van der Waals surface area contributed by atoms with E-state index in [1.165, 1.54) is 12.3 Å². The van der Waals surface area contributed by atoms with E-state index in [2.05, 4.69) is 22.6 Å². The van der Waals surface area contributed by atoms with Gasteiger partial charge >= 0.3 is 6.18 Å². The summed E-state index contributed by atoms with van der Waals surface area (Å²) >= 11 is 2.22. The predicted octanol–water partition coefficient (Wildman–Crippen LogP) is 4.81. The van der Waals surface area contributed by atoms with E-state index in [1.54, 1.807) is 6.92 Å². The summed E-state index contributed by atoms with van der Waals surface area (Å²) in [5, 5.41) is 0. The first-order valence-electron chi connectivity index (χ1n) is 5.81. The van der Waals surface area contributed by atoms with Crippen molar-refractivity contribution in [2.24, 2.45) is 0 Å². The third-order valence-electron chi connectivity index (χ3n) is 3.06. The molecule has 0 N–H and O–H groups in total. The lowest BCUT2D eigenvalue weighted by atomic mass is 10.1. The zero-order valence-electron chi connectivity index (χ0n) is 10.5. The molecule has 0 aliphatic carbocycles. The topological polar surface area (TPSA) is 3.24 Å². The van der Waals surface area contributed by atoms with Crippen molar-refractivity contribution < 1.29 is 13.2 Å². The second-order valence-electron chi connectivity index (χ2n) is 4.52. The molecule has 1 unspecified atom stereocenters. The maximum atomic E-state index is 12.6. The highest BCUT2D eigenvalue weighted by Crippen LogP contribution is 2.32. The molecular weight excluding hydrogens is 366 g/mol. The molecule has 0 spiro atoms. The maximum absolute atomic E-state index is 12.6. The van der Waals surface area contributed by atoms with Crippen LogP contribution >= 0.6 is 22.6 Å². The van der Waals surface area contributed by atoms with Crippen LogP contribution in [0, 0.1) is 10.5 Å². The normalized spacial score (nSPS) is 19.6. The fourth-order valence-corrected chi connectivity index (χ4v) is 2.44. The molecule has 0 bridgehead atoms. The van der Waals surface area contributed by atoms with Gasteiger partial charge in [0.2, 0.25) is 0 Å². The second kappa shape index (κ2) is 5.19. The molecule has 1 aliphatic heterocycles. The van der Waals surface area contributed by atoms with Crippen molar-refractivity contribution in [3.8, 4) is 0 Å². The lowest BCUT2D eigenvalue weighted by Crippen LogP contribution is -2.30. The summed E-state index contributed by atoms with van der Waals surface area (Å²) in [5.41, 5.74) is 1.47. The number of nitrogens with zero attached hydrogens (tertiary/aromatic N) is 1. The van der Waals surface area contributed by atoms with E-state index in [1.807, 2.05) is 30.0 Å². The highest BCUT2D eigenvalue weighted by molar-refractivity contribution is 14.1. The van der Waals surface area contributed by atoms with Crippen molar-refractivity contribution in [3.63, 3.8) is 0 Å². The summed E-state index contributed by atoms with van der Waals surface area (Å²) in [6.07, 6.45) is -0.424. The van der Waals surface area contributed by atoms with E-state index < -0.39 is 11.7 Å². The van der Waals surface area contributed by atoms with Crippen LogP contribution in [-0.2, 0) is 0 Å². The Morgan fingerprint density at radius 1 is 1.26 bits per heavy atom. The van der Waals surface area contributed by atoms with Crippen LogP contribution < -0.4 is 4.90 Å². The Labute approximate surface area is 123 Å². The van der Waals surface area contributed by atoms with Gasteiger partial charge in [0, 0.05) is 21.5 Å². The predicted molar refractivity (Wildman–Crippen MR) is 79.1 cm³/mol. The standard InChI is InChI=1S/C14H13F3IN/c1-9-3-4-12(8-13(9)18)19-6-5-11(7-10(19)2)14(15,16)17/h3-8,10H,1-2H3.